The summed E-state index contributed by atoms with van der Waals surface area (Å²) < 4.78 is 2.00. The molecule has 0 unspecified atom stereocenters. The SMILES string of the molecule is C[N+]1=CC=C1. The molecule has 1 nitrogen and oxygen atoms in total. The molecule has 0 fully saturated rings. The van der Waals surface area contributed by atoms with Gasteiger partial charge in [-0.1, -0.05) is 0 Å². The average molecular weight is 68.1 g/mol. The third kappa shape index (κ3) is 0.232. The van der Waals surface area contributed by atoms with Gasteiger partial charge in [0, 0.05) is 0 Å². The van der Waals surface area contributed by atoms with E-state index >= 15 is 0 Å². The van der Waals surface area contributed by atoms with Crippen molar-refractivity contribution in [2.45, 2.75) is 0 Å². The monoisotopic (exact) mass is 68.0 g/mol. The largest absolute Gasteiger partial charge is 0.207 e. The molecule has 0 aromatic carbocycles. The van der Waals surface area contributed by atoms with Crippen LogP contribution in [-0.2, 0) is 0 Å². The second-order valence-corrected chi connectivity index (χ2v) is 1.16. The summed E-state index contributed by atoms with van der Waals surface area (Å²) in [4.78, 5) is 0. The lowest BCUT2D eigenvalue weighted by Gasteiger charge is -1.86. The highest BCUT2D eigenvalue weighted by molar-refractivity contribution is 5.69. The Labute approximate surface area is 31.2 Å². The van der Waals surface area contributed by atoms with Crippen molar-refractivity contribution >= 4 is 6.21 Å². The Bertz CT molecular complexity index is 89.8. The molecule has 1 aliphatic heterocycles. The van der Waals surface area contributed by atoms with E-state index in [0.29, 0.717) is 0 Å². The van der Waals surface area contributed by atoms with Crippen molar-refractivity contribution in [2.24, 2.45) is 0 Å². The zero-order valence-corrected chi connectivity index (χ0v) is 3.18. The molecule has 1 heteroatoms. The van der Waals surface area contributed by atoms with Crippen LogP contribution in [0.2, 0.25) is 0 Å². The minimum absolute atomic E-state index is 2.00. The van der Waals surface area contributed by atoms with E-state index in [9.17, 15) is 0 Å². The van der Waals surface area contributed by atoms with Gasteiger partial charge in [0.15, 0.2) is 12.4 Å². The highest BCUT2D eigenvalue weighted by Gasteiger charge is 1.91. The van der Waals surface area contributed by atoms with Gasteiger partial charge in [0.25, 0.3) is 0 Å². The zero-order valence-electron chi connectivity index (χ0n) is 3.18. The predicted molar refractivity (Wildman–Crippen MR) is 21.4 cm³/mol. The lowest BCUT2D eigenvalue weighted by molar-refractivity contribution is -0.426. The molecular formula is C4H6N+. The lowest BCUT2D eigenvalue weighted by atomic mass is 10.5. The van der Waals surface area contributed by atoms with Crippen molar-refractivity contribution in [3.63, 3.8) is 0 Å². The van der Waals surface area contributed by atoms with Gasteiger partial charge in [-0.05, 0) is 0 Å². The third-order valence-electron chi connectivity index (χ3n) is 0.642. The fourth-order valence-electron chi connectivity index (χ4n) is 0.258. The number of rotatable bonds is 0. The number of hydrogen-bond acceptors (Lipinski definition) is 0. The molecule has 0 saturated heterocycles. The molecular weight excluding hydrogens is 62.1 g/mol. The topological polar surface area (TPSA) is 3.01 Å². The van der Waals surface area contributed by atoms with Crippen LogP contribution in [0.15, 0.2) is 12.3 Å². The molecule has 26 valence electrons. The molecule has 0 bridgehead atoms. The Kier molecular flexibility index (Phi) is 0.357. The fraction of sp³-hybridized carbons (Fsp3) is 0.250. The lowest BCUT2D eigenvalue weighted by Crippen LogP contribution is -2.02. The van der Waals surface area contributed by atoms with Crippen molar-refractivity contribution in [2.75, 3.05) is 7.05 Å². The molecule has 5 heavy (non-hydrogen) atoms. The average Bonchev–Trinajstić information content (AvgIpc) is 1.30. The Morgan fingerprint density at radius 2 is 2.00 bits per heavy atom. The van der Waals surface area contributed by atoms with Crippen LogP contribution in [0.1, 0.15) is 0 Å². The number of nitrogens with zero attached hydrogens (tertiary/aromatic N) is 1. The van der Waals surface area contributed by atoms with E-state index in [-0.39, 0.29) is 0 Å². The molecule has 0 atom stereocenters. The van der Waals surface area contributed by atoms with Gasteiger partial charge >= 0.3 is 0 Å². The summed E-state index contributed by atoms with van der Waals surface area (Å²) >= 11 is 0. The van der Waals surface area contributed by atoms with Gasteiger partial charge in [0.05, 0.1) is 6.08 Å². The van der Waals surface area contributed by atoms with Gasteiger partial charge < -0.3 is 0 Å². The molecule has 0 saturated carbocycles. The molecule has 0 aromatic heterocycles. The van der Waals surface area contributed by atoms with Crippen LogP contribution >= 0.6 is 0 Å². The van der Waals surface area contributed by atoms with Gasteiger partial charge in [-0.2, -0.15) is 0 Å². The van der Waals surface area contributed by atoms with Crippen molar-refractivity contribution < 1.29 is 4.58 Å². The van der Waals surface area contributed by atoms with E-state index in [1.165, 1.54) is 0 Å². The first-order valence-electron chi connectivity index (χ1n) is 1.63. The van der Waals surface area contributed by atoms with Crippen molar-refractivity contribution in [3.8, 4) is 0 Å². The maximum absolute atomic E-state index is 2.00. The van der Waals surface area contributed by atoms with Gasteiger partial charge in [-0.3, -0.25) is 0 Å². The van der Waals surface area contributed by atoms with Crippen LogP contribution < -0.4 is 0 Å². The minimum atomic E-state index is 2.00. The molecule has 0 aliphatic carbocycles. The van der Waals surface area contributed by atoms with E-state index in [1.807, 2.05) is 30.1 Å². The summed E-state index contributed by atoms with van der Waals surface area (Å²) in [6.45, 7) is 0. The standard InChI is InChI=1S/C4H6N/c1-5-3-2-4-5/h2-4H,1H3/q+1. The molecule has 1 aliphatic rings. The second-order valence-electron chi connectivity index (χ2n) is 1.16. The van der Waals surface area contributed by atoms with Gasteiger partial charge in [0.2, 0.25) is 0 Å². The molecule has 0 spiro atoms. The Balaban J connectivity index is 2.60. The maximum atomic E-state index is 2.00. The number of allylic oxidation sites excluding steroid dienone is 1. The van der Waals surface area contributed by atoms with Crippen LogP contribution in [0, 0.1) is 0 Å². The van der Waals surface area contributed by atoms with Crippen molar-refractivity contribution in [1.29, 1.82) is 0 Å². The Morgan fingerprint density at radius 3 is 2.00 bits per heavy atom. The first kappa shape index (κ1) is 2.64. The van der Waals surface area contributed by atoms with Crippen molar-refractivity contribution in [1.82, 2.24) is 0 Å². The summed E-state index contributed by atoms with van der Waals surface area (Å²) in [6.07, 6.45) is 6.00. The summed E-state index contributed by atoms with van der Waals surface area (Å²) in [7, 11) is 2.00. The van der Waals surface area contributed by atoms with Gasteiger partial charge in [-0.15, -0.1) is 0 Å². The normalized spacial score (nSPS) is 17.4. The summed E-state index contributed by atoms with van der Waals surface area (Å²) in [6, 6.07) is 0. The molecule has 0 amide bonds. The quantitative estimate of drug-likeness (QED) is 0.357. The van der Waals surface area contributed by atoms with E-state index in [1.54, 1.807) is 0 Å². The zero-order chi connectivity index (χ0) is 3.70. The Morgan fingerprint density at radius 1 is 1.60 bits per heavy atom. The smallest absolute Gasteiger partial charge is 0.174 e. The fourth-order valence-corrected chi connectivity index (χ4v) is 0.258. The highest BCUT2D eigenvalue weighted by Crippen LogP contribution is 1.77. The predicted octanol–water partition coefficient (Wildman–Crippen LogP) is 0.227. The second kappa shape index (κ2) is 0.677. The number of hydrogen-bond donors (Lipinski definition) is 0. The Hall–Kier alpha value is -0.590. The van der Waals surface area contributed by atoms with Crippen LogP contribution in [0.4, 0.5) is 0 Å². The summed E-state index contributed by atoms with van der Waals surface area (Å²) in [5.41, 5.74) is 0. The van der Waals surface area contributed by atoms with Gasteiger partial charge in [0.1, 0.15) is 7.05 Å². The van der Waals surface area contributed by atoms with Crippen LogP contribution in [0.25, 0.3) is 0 Å². The summed E-state index contributed by atoms with van der Waals surface area (Å²) in [5.74, 6) is 0. The third-order valence-corrected chi connectivity index (χ3v) is 0.642. The first-order valence-corrected chi connectivity index (χ1v) is 1.63. The molecule has 1 heterocycles. The molecule has 0 aromatic rings. The summed E-state index contributed by atoms with van der Waals surface area (Å²) in [5, 5.41) is 0. The van der Waals surface area contributed by atoms with Crippen molar-refractivity contribution in [3.05, 3.63) is 12.3 Å². The molecule has 0 radical (unpaired) electrons. The van der Waals surface area contributed by atoms with E-state index in [0.717, 1.165) is 0 Å². The van der Waals surface area contributed by atoms with E-state index in [2.05, 4.69) is 0 Å². The van der Waals surface area contributed by atoms with Gasteiger partial charge in [-0.25, -0.2) is 4.58 Å². The van der Waals surface area contributed by atoms with E-state index < -0.39 is 0 Å². The van der Waals surface area contributed by atoms with Crippen LogP contribution in [0.3, 0.4) is 0 Å². The minimum Gasteiger partial charge on any atom is -0.207 e. The van der Waals surface area contributed by atoms with E-state index in [4.69, 9.17) is 0 Å². The highest BCUT2D eigenvalue weighted by atomic mass is 15.0. The molecule has 0 N–H and O–H groups in total. The molecule has 1 rings (SSSR count). The van der Waals surface area contributed by atoms with Crippen LogP contribution in [-0.4, -0.2) is 17.8 Å². The maximum Gasteiger partial charge on any atom is 0.174 e. The first-order chi connectivity index (χ1) is 2.39. The van der Waals surface area contributed by atoms with Crippen LogP contribution in [0.5, 0.6) is 0 Å².